The maximum absolute atomic E-state index is 9.96. The molecule has 6 N–H and O–H groups in total. The number of benzene rings is 2. The molecule has 0 amide bonds. The van der Waals surface area contributed by atoms with Crippen LogP contribution in [0.2, 0.25) is 0 Å². The molecule has 1 aliphatic rings. The number of phenolic OH excluding ortho intramolecular Hbond substituents is 2. The number of hydrogen-bond acceptors (Lipinski definition) is 4. The molecule has 3 rings (SSSR count). The maximum atomic E-state index is 9.96. The van der Waals surface area contributed by atoms with Crippen LogP contribution >= 0.6 is 0 Å². The van der Waals surface area contributed by atoms with E-state index in [0.717, 1.165) is 16.7 Å². The van der Waals surface area contributed by atoms with Gasteiger partial charge in [-0.05, 0) is 41.9 Å². The summed E-state index contributed by atoms with van der Waals surface area (Å²) in [6, 6.07) is 13.8. The van der Waals surface area contributed by atoms with E-state index in [2.05, 4.69) is 0 Å². The predicted molar refractivity (Wildman–Crippen MR) is 97.0 cm³/mol. The van der Waals surface area contributed by atoms with Gasteiger partial charge in [0.2, 0.25) is 0 Å². The summed E-state index contributed by atoms with van der Waals surface area (Å²) in [6.45, 7) is 0. The number of nitrogens with two attached hydrogens (primary N) is 2. The Bertz CT molecular complexity index is 850. The number of para-hydroxylation sites is 2. The Kier molecular flexibility index (Phi) is 4.40. The highest BCUT2D eigenvalue weighted by Crippen LogP contribution is 2.31. The van der Waals surface area contributed by atoms with Crippen LogP contribution in [-0.2, 0) is 0 Å². The number of aromatic hydroxyl groups is 2. The van der Waals surface area contributed by atoms with Crippen LogP contribution < -0.4 is 11.5 Å². The predicted octanol–water partition coefficient (Wildman–Crippen LogP) is 3.14. The molecule has 4 nitrogen and oxygen atoms in total. The maximum Gasteiger partial charge on any atom is 0.122 e. The molecule has 1 unspecified atom stereocenters. The molecule has 4 heteroatoms. The molecule has 2 aromatic rings. The molecule has 24 heavy (non-hydrogen) atoms. The SMILES string of the molecule is NC1=CCC(=Cc2ccccc2O)C(N)C1=Cc1ccccc1O. The van der Waals surface area contributed by atoms with Gasteiger partial charge >= 0.3 is 0 Å². The molecule has 0 radical (unpaired) electrons. The minimum Gasteiger partial charge on any atom is -0.507 e. The van der Waals surface area contributed by atoms with E-state index < -0.39 is 6.04 Å². The van der Waals surface area contributed by atoms with Gasteiger partial charge in [-0.15, -0.1) is 0 Å². The zero-order valence-corrected chi connectivity index (χ0v) is 13.2. The molecule has 0 aliphatic heterocycles. The third-order valence-corrected chi connectivity index (χ3v) is 4.15. The van der Waals surface area contributed by atoms with Crippen molar-refractivity contribution in [1.29, 1.82) is 0 Å². The summed E-state index contributed by atoms with van der Waals surface area (Å²) < 4.78 is 0. The molecule has 0 saturated carbocycles. The lowest BCUT2D eigenvalue weighted by Gasteiger charge is -2.24. The van der Waals surface area contributed by atoms with E-state index in [-0.39, 0.29) is 11.5 Å². The Morgan fingerprint density at radius 1 is 0.875 bits per heavy atom. The van der Waals surface area contributed by atoms with Crippen LogP contribution in [-0.4, -0.2) is 16.3 Å². The van der Waals surface area contributed by atoms with Crippen molar-refractivity contribution in [3.63, 3.8) is 0 Å². The van der Waals surface area contributed by atoms with Gasteiger partial charge in [-0.2, -0.15) is 0 Å². The summed E-state index contributed by atoms with van der Waals surface area (Å²) in [5.41, 5.74) is 16.2. The minimum atomic E-state index is -0.394. The van der Waals surface area contributed by atoms with Crippen LogP contribution in [0.25, 0.3) is 12.2 Å². The monoisotopic (exact) mass is 320 g/mol. The number of phenols is 2. The standard InChI is InChI=1S/C20H20N2O2/c21-17-10-9-15(11-13-5-1-3-7-18(13)23)20(22)16(17)12-14-6-2-4-8-19(14)24/h1-8,10-12,20,23-24H,9,21-22H2. The second-order valence-electron chi connectivity index (χ2n) is 5.78. The van der Waals surface area contributed by atoms with E-state index >= 15 is 0 Å². The molecule has 1 atom stereocenters. The quantitative estimate of drug-likeness (QED) is 0.684. The fraction of sp³-hybridized carbons (Fsp3) is 0.100. The average Bonchev–Trinajstić information content (AvgIpc) is 2.57. The Labute approximate surface area is 141 Å². The third-order valence-electron chi connectivity index (χ3n) is 4.15. The van der Waals surface area contributed by atoms with Gasteiger partial charge in [0.15, 0.2) is 0 Å². The van der Waals surface area contributed by atoms with E-state index in [1.165, 1.54) is 0 Å². The van der Waals surface area contributed by atoms with E-state index in [9.17, 15) is 10.2 Å². The van der Waals surface area contributed by atoms with Crippen molar-refractivity contribution < 1.29 is 10.2 Å². The smallest absolute Gasteiger partial charge is 0.122 e. The second-order valence-corrected chi connectivity index (χ2v) is 5.78. The lowest BCUT2D eigenvalue weighted by atomic mass is 9.86. The highest BCUT2D eigenvalue weighted by molar-refractivity contribution is 5.69. The normalized spacial score (nSPS) is 21.0. The molecule has 2 aromatic carbocycles. The Balaban J connectivity index is 2.00. The summed E-state index contributed by atoms with van der Waals surface area (Å²) in [5.74, 6) is 0.396. The van der Waals surface area contributed by atoms with E-state index in [1.54, 1.807) is 24.3 Å². The average molecular weight is 320 g/mol. The third kappa shape index (κ3) is 3.19. The first-order valence-electron chi connectivity index (χ1n) is 7.76. The first-order valence-corrected chi connectivity index (χ1v) is 7.76. The molecule has 122 valence electrons. The van der Waals surface area contributed by atoms with Gasteiger partial charge in [0.1, 0.15) is 11.5 Å². The number of rotatable bonds is 2. The summed E-state index contributed by atoms with van der Waals surface area (Å²) in [4.78, 5) is 0. The molecule has 0 saturated heterocycles. The molecule has 0 heterocycles. The number of allylic oxidation sites excluding steroid dienone is 1. The van der Waals surface area contributed by atoms with Gasteiger partial charge in [-0.3, -0.25) is 0 Å². The van der Waals surface area contributed by atoms with Crippen molar-refractivity contribution in [3.8, 4) is 11.5 Å². The highest BCUT2D eigenvalue weighted by Gasteiger charge is 2.21. The minimum absolute atomic E-state index is 0.182. The molecule has 0 spiro atoms. The molecular formula is C20H20N2O2. The number of hydrogen-bond donors (Lipinski definition) is 4. The Hall–Kier alpha value is -2.98. The van der Waals surface area contributed by atoms with Crippen LogP contribution in [0.3, 0.4) is 0 Å². The van der Waals surface area contributed by atoms with Crippen LogP contribution in [0.5, 0.6) is 11.5 Å². The van der Waals surface area contributed by atoms with Crippen molar-refractivity contribution in [1.82, 2.24) is 0 Å². The van der Waals surface area contributed by atoms with Crippen molar-refractivity contribution in [2.24, 2.45) is 11.5 Å². The van der Waals surface area contributed by atoms with Crippen molar-refractivity contribution in [3.05, 3.63) is 82.6 Å². The summed E-state index contributed by atoms with van der Waals surface area (Å²) in [5, 5.41) is 19.9. The van der Waals surface area contributed by atoms with Gasteiger partial charge in [0, 0.05) is 16.8 Å². The molecular weight excluding hydrogens is 300 g/mol. The van der Waals surface area contributed by atoms with Gasteiger partial charge in [-0.1, -0.05) is 42.5 Å². The molecule has 1 aliphatic carbocycles. The van der Waals surface area contributed by atoms with Gasteiger partial charge in [0.05, 0.1) is 6.04 Å². The van der Waals surface area contributed by atoms with E-state index in [1.807, 2.05) is 42.5 Å². The lowest BCUT2D eigenvalue weighted by Crippen LogP contribution is -2.30. The van der Waals surface area contributed by atoms with Gasteiger partial charge in [-0.25, -0.2) is 0 Å². The first kappa shape index (κ1) is 15.9. The van der Waals surface area contributed by atoms with E-state index in [4.69, 9.17) is 11.5 Å². The largest absolute Gasteiger partial charge is 0.507 e. The zero-order valence-electron chi connectivity index (χ0n) is 13.2. The molecule has 0 fully saturated rings. The van der Waals surface area contributed by atoms with Crippen LogP contribution in [0.15, 0.2) is 71.5 Å². The first-order chi connectivity index (χ1) is 11.6. The van der Waals surface area contributed by atoms with Gasteiger partial charge in [0.25, 0.3) is 0 Å². The molecule has 0 bridgehead atoms. The Morgan fingerprint density at radius 3 is 2.00 bits per heavy atom. The van der Waals surface area contributed by atoms with E-state index in [0.29, 0.717) is 17.7 Å². The van der Waals surface area contributed by atoms with Crippen LogP contribution in [0.4, 0.5) is 0 Å². The fourth-order valence-corrected chi connectivity index (χ4v) is 2.76. The zero-order chi connectivity index (χ0) is 17.1. The Morgan fingerprint density at radius 2 is 1.42 bits per heavy atom. The van der Waals surface area contributed by atoms with Crippen LogP contribution in [0, 0.1) is 0 Å². The fourth-order valence-electron chi connectivity index (χ4n) is 2.76. The second kappa shape index (κ2) is 6.64. The summed E-state index contributed by atoms with van der Waals surface area (Å²) in [6.07, 6.45) is 6.23. The highest BCUT2D eigenvalue weighted by atomic mass is 16.3. The van der Waals surface area contributed by atoms with Crippen LogP contribution in [0.1, 0.15) is 17.5 Å². The summed E-state index contributed by atoms with van der Waals surface area (Å²) in [7, 11) is 0. The topological polar surface area (TPSA) is 92.5 Å². The molecule has 0 aromatic heterocycles. The lowest BCUT2D eigenvalue weighted by molar-refractivity contribution is 0.473. The van der Waals surface area contributed by atoms with Crippen molar-refractivity contribution in [2.75, 3.05) is 0 Å². The van der Waals surface area contributed by atoms with Crippen molar-refractivity contribution >= 4 is 12.2 Å². The van der Waals surface area contributed by atoms with Crippen molar-refractivity contribution in [2.45, 2.75) is 12.5 Å². The van der Waals surface area contributed by atoms with Gasteiger partial charge < -0.3 is 21.7 Å². The summed E-state index contributed by atoms with van der Waals surface area (Å²) >= 11 is 0.